The Morgan fingerprint density at radius 1 is 1.42 bits per heavy atom. The molecule has 100 valence electrons. The number of carboxylic acid groups (broad SMARTS) is 1. The molecule has 1 aromatic carbocycles. The van der Waals surface area contributed by atoms with Crippen LogP contribution in [0.3, 0.4) is 0 Å². The molecule has 4 N–H and O–H groups in total. The van der Waals surface area contributed by atoms with Gasteiger partial charge in [-0.05, 0) is 18.2 Å². The molecule has 2 amide bonds. The van der Waals surface area contributed by atoms with E-state index in [-0.39, 0.29) is 0 Å². The van der Waals surface area contributed by atoms with Gasteiger partial charge in [-0.15, -0.1) is 11.3 Å². The van der Waals surface area contributed by atoms with Crippen molar-refractivity contribution in [2.45, 2.75) is 6.04 Å². The minimum Gasteiger partial charge on any atom is -0.480 e. The summed E-state index contributed by atoms with van der Waals surface area (Å²) in [5.74, 6) is -1.30. The maximum absolute atomic E-state index is 11.6. The standard InChI is InChI=1S/C11H11N3O4S/c15-4-8(10(16)17)14-11(18)13-6-1-2-7-9(3-6)19-5-12-7/h1-3,5,8,15H,4H2,(H,16,17)(H2,13,14,18)/t8-/m1/s1. The van der Waals surface area contributed by atoms with Crippen molar-refractivity contribution in [1.29, 1.82) is 0 Å². The Hall–Kier alpha value is -2.19. The zero-order valence-electron chi connectivity index (χ0n) is 9.66. The quantitative estimate of drug-likeness (QED) is 0.664. The van der Waals surface area contributed by atoms with E-state index in [2.05, 4.69) is 15.6 Å². The first-order valence-corrected chi connectivity index (χ1v) is 6.22. The molecule has 19 heavy (non-hydrogen) atoms. The summed E-state index contributed by atoms with van der Waals surface area (Å²) in [5.41, 5.74) is 3.05. The number of hydrogen-bond donors (Lipinski definition) is 4. The average molecular weight is 281 g/mol. The molecule has 0 aliphatic carbocycles. The number of urea groups is 1. The molecule has 0 saturated carbocycles. The summed E-state index contributed by atoms with van der Waals surface area (Å²) in [5, 5.41) is 22.1. The number of aromatic nitrogens is 1. The molecule has 0 fully saturated rings. The number of aliphatic carboxylic acids is 1. The number of benzene rings is 1. The third kappa shape index (κ3) is 3.18. The lowest BCUT2D eigenvalue weighted by Crippen LogP contribution is -2.45. The first kappa shape index (κ1) is 13.2. The van der Waals surface area contributed by atoms with E-state index < -0.39 is 24.6 Å². The third-order valence-electron chi connectivity index (χ3n) is 2.38. The number of carbonyl (C=O) groups is 2. The number of aliphatic hydroxyl groups excluding tert-OH is 1. The smallest absolute Gasteiger partial charge is 0.328 e. The molecular weight excluding hydrogens is 270 g/mol. The monoisotopic (exact) mass is 281 g/mol. The fraction of sp³-hybridized carbons (Fsp3) is 0.182. The van der Waals surface area contributed by atoms with Gasteiger partial charge in [0.15, 0.2) is 6.04 Å². The van der Waals surface area contributed by atoms with E-state index in [9.17, 15) is 9.59 Å². The minimum absolute atomic E-state index is 0.524. The highest BCUT2D eigenvalue weighted by molar-refractivity contribution is 7.16. The van der Waals surface area contributed by atoms with Gasteiger partial charge in [0.1, 0.15) is 0 Å². The lowest BCUT2D eigenvalue weighted by Gasteiger charge is -2.12. The number of fused-ring (bicyclic) bond motifs is 1. The zero-order chi connectivity index (χ0) is 13.8. The first-order valence-electron chi connectivity index (χ1n) is 5.34. The number of thiazole rings is 1. The van der Waals surface area contributed by atoms with Crippen molar-refractivity contribution in [2.75, 3.05) is 11.9 Å². The molecule has 0 spiro atoms. The van der Waals surface area contributed by atoms with E-state index in [1.54, 1.807) is 23.7 Å². The number of anilines is 1. The Morgan fingerprint density at radius 3 is 2.89 bits per heavy atom. The molecule has 0 bridgehead atoms. The SMILES string of the molecule is O=C(Nc1ccc2ncsc2c1)N[C@H](CO)C(=O)O. The van der Waals surface area contributed by atoms with Crippen molar-refractivity contribution in [2.24, 2.45) is 0 Å². The van der Waals surface area contributed by atoms with Crippen LogP contribution in [0, 0.1) is 0 Å². The molecule has 8 heteroatoms. The molecule has 0 saturated heterocycles. The number of nitrogens with zero attached hydrogens (tertiary/aromatic N) is 1. The van der Waals surface area contributed by atoms with Crippen LogP contribution in [0.1, 0.15) is 0 Å². The molecule has 0 aliphatic heterocycles. The normalized spacial score (nSPS) is 12.1. The highest BCUT2D eigenvalue weighted by Gasteiger charge is 2.18. The fourth-order valence-electron chi connectivity index (χ4n) is 1.44. The molecule has 1 aromatic heterocycles. The Balaban J connectivity index is 2.03. The Bertz CT molecular complexity index is 613. The average Bonchev–Trinajstić information content (AvgIpc) is 2.82. The second-order valence-electron chi connectivity index (χ2n) is 3.71. The maximum Gasteiger partial charge on any atom is 0.328 e. The largest absolute Gasteiger partial charge is 0.480 e. The summed E-state index contributed by atoms with van der Waals surface area (Å²) in [7, 11) is 0. The Labute approximate surface area is 111 Å². The van der Waals surface area contributed by atoms with Crippen LogP contribution in [-0.4, -0.2) is 39.8 Å². The van der Waals surface area contributed by atoms with Gasteiger partial charge in [-0.25, -0.2) is 14.6 Å². The van der Waals surface area contributed by atoms with Crippen molar-refractivity contribution in [3.63, 3.8) is 0 Å². The molecule has 2 rings (SSSR count). The summed E-state index contributed by atoms with van der Waals surface area (Å²) in [6, 6.07) is 3.14. The number of aliphatic hydroxyl groups is 1. The summed E-state index contributed by atoms with van der Waals surface area (Å²) in [4.78, 5) is 26.3. The van der Waals surface area contributed by atoms with E-state index >= 15 is 0 Å². The van der Waals surface area contributed by atoms with Gasteiger partial charge in [-0.3, -0.25) is 0 Å². The number of hydrogen-bond acceptors (Lipinski definition) is 5. The van der Waals surface area contributed by atoms with E-state index in [4.69, 9.17) is 10.2 Å². The van der Waals surface area contributed by atoms with Gasteiger partial charge in [-0.1, -0.05) is 0 Å². The van der Waals surface area contributed by atoms with E-state index in [1.807, 2.05) is 0 Å². The summed E-state index contributed by atoms with van der Waals surface area (Å²) in [6.45, 7) is -0.670. The van der Waals surface area contributed by atoms with Crippen LogP contribution in [0.15, 0.2) is 23.7 Å². The van der Waals surface area contributed by atoms with Crippen LogP contribution < -0.4 is 10.6 Å². The minimum atomic E-state index is -1.33. The highest BCUT2D eigenvalue weighted by Crippen LogP contribution is 2.21. The van der Waals surface area contributed by atoms with E-state index in [1.165, 1.54) is 11.3 Å². The van der Waals surface area contributed by atoms with Crippen molar-refractivity contribution in [3.8, 4) is 0 Å². The van der Waals surface area contributed by atoms with Crippen LogP contribution in [-0.2, 0) is 4.79 Å². The number of carboxylic acids is 1. The van der Waals surface area contributed by atoms with Crippen molar-refractivity contribution in [3.05, 3.63) is 23.7 Å². The molecule has 2 aromatic rings. The topological polar surface area (TPSA) is 112 Å². The lowest BCUT2D eigenvalue weighted by molar-refractivity contribution is -0.140. The Kier molecular flexibility index (Phi) is 3.93. The van der Waals surface area contributed by atoms with Crippen molar-refractivity contribution in [1.82, 2.24) is 10.3 Å². The highest BCUT2D eigenvalue weighted by atomic mass is 32.1. The van der Waals surface area contributed by atoms with Gasteiger partial charge in [0, 0.05) is 5.69 Å². The van der Waals surface area contributed by atoms with Gasteiger partial charge in [0.25, 0.3) is 0 Å². The molecule has 0 unspecified atom stereocenters. The van der Waals surface area contributed by atoms with E-state index in [0.717, 1.165) is 10.2 Å². The second-order valence-corrected chi connectivity index (χ2v) is 4.59. The predicted molar refractivity (Wildman–Crippen MR) is 70.3 cm³/mol. The van der Waals surface area contributed by atoms with Crippen LogP contribution in [0.2, 0.25) is 0 Å². The fourth-order valence-corrected chi connectivity index (χ4v) is 2.16. The molecular formula is C11H11N3O4S. The Morgan fingerprint density at radius 2 is 2.21 bits per heavy atom. The second kappa shape index (κ2) is 5.63. The number of rotatable bonds is 4. The van der Waals surface area contributed by atoms with Crippen molar-refractivity contribution >= 4 is 39.2 Å². The molecule has 1 atom stereocenters. The van der Waals surface area contributed by atoms with Crippen LogP contribution in [0.4, 0.5) is 10.5 Å². The summed E-state index contributed by atoms with van der Waals surface area (Å²) in [6.07, 6.45) is 0. The van der Waals surface area contributed by atoms with Crippen molar-refractivity contribution < 1.29 is 19.8 Å². The molecule has 0 radical (unpaired) electrons. The van der Waals surface area contributed by atoms with Gasteiger partial charge < -0.3 is 20.8 Å². The predicted octanol–water partition coefficient (Wildman–Crippen LogP) is 0.863. The number of nitrogens with one attached hydrogen (secondary N) is 2. The third-order valence-corrected chi connectivity index (χ3v) is 3.17. The molecule has 1 heterocycles. The lowest BCUT2D eigenvalue weighted by atomic mass is 10.3. The van der Waals surface area contributed by atoms with Crippen LogP contribution in [0.5, 0.6) is 0 Å². The van der Waals surface area contributed by atoms with Crippen LogP contribution >= 0.6 is 11.3 Å². The van der Waals surface area contributed by atoms with Gasteiger partial charge in [0.2, 0.25) is 0 Å². The molecule has 7 nitrogen and oxygen atoms in total. The zero-order valence-corrected chi connectivity index (χ0v) is 10.5. The summed E-state index contributed by atoms with van der Waals surface area (Å²) >= 11 is 1.43. The van der Waals surface area contributed by atoms with Crippen LogP contribution in [0.25, 0.3) is 10.2 Å². The van der Waals surface area contributed by atoms with E-state index in [0.29, 0.717) is 5.69 Å². The van der Waals surface area contributed by atoms with Gasteiger partial charge in [-0.2, -0.15) is 0 Å². The maximum atomic E-state index is 11.6. The molecule has 0 aliphatic rings. The van der Waals surface area contributed by atoms with Gasteiger partial charge >= 0.3 is 12.0 Å². The number of amides is 2. The summed E-state index contributed by atoms with van der Waals surface area (Å²) < 4.78 is 0.912. The number of carbonyl (C=O) groups excluding carboxylic acids is 1. The van der Waals surface area contributed by atoms with Gasteiger partial charge in [0.05, 0.1) is 22.3 Å². The first-order chi connectivity index (χ1) is 9.10.